The molecule has 1 fully saturated rings. The molecule has 0 N–H and O–H groups in total. The fourth-order valence-corrected chi connectivity index (χ4v) is 4.44. The predicted octanol–water partition coefficient (Wildman–Crippen LogP) is 5.02. The van der Waals surface area contributed by atoms with Crippen LogP contribution in [0.1, 0.15) is 18.1 Å². The van der Waals surface area contributed by atoms with Gasteiger partial charge in [0.1, 0.15) is 18.4 Å². The number of amides is 2. The zero-order chi connectivity index (χ0) is 22.7. The molecule has 0 saturated carbocycles. The Balaban J connectivity index is 1.57. The van der Waals surface area contributed by atoms with Crippen LogP contribution in [-0.2, 0) is 20.9 Å². The molecule has 0 aliphatic carbocycles. The van der Waals surface area contributed by atoms with Crippen molar-refractivity contribution in [2.75, 3.05) is 7.11 Å². The third kappa shape index (κ3) is 4.24. The van der Waals surface area contributed by atoms with Crippen LogP contribution in [0.3, 0.4) is 0 Å². The van der Waals surface area contributed by atoms with Crippen LogP contribution in [0.4, 0.5) is 4.79 Å². The van der Waals surface area contributed by atoms with Crippen LogP contribution in [0, 0.1) is 0 Å². The van der Waals surface area contributed by atoms with E-state index in [1.165, 1.54) is 14.0 Å². The molecular weight excluding hydrogens is 426 g/mol. The third-order valence-electron chi connectivity index (χ3n) is 5.22. The van der Waals surface area contributed by atoms with Crippen LogP contribution in [0.15, 0.2) is 71.6 Å². The highest BCUT2D eigenvalue weighted by molar-refractivity contribution is 8.18. The maximum Gasteiger partial charge on any atom is 0.328 e. The number of nitrogens with zero attached hydrogens (tertiary/aromatic N) is 1. The van der Waals surface area contributed by atoms with E-state index >= 15 is 0 Å². The molecule has 0 radical (unpaired) electrons. The fourth-order valence-electron chi connectivity index (χ4n) is 3.54. The number of esters is 1. The predicted molar refractivity (Wildman–Crippen MR) is 124 cm³/mol. The van der Waals surface area contributed by atoms with Crippen LogP contribution in [0.5, 0.6) is 5.75 Å². The zero-order valence-corrected chi connectivity index (χ0v) is 18.4. The molecule has 0 spiro atoms. The highest BCUT2D eigenvalue weighted by Crippen LogP contribution is 2.35. The minimum absolute atomic E-state index is 0.229. The monoisotopic (exact) mass is 447 g/mol. The summed E-state index contributed by atoms with van der Waals surface area (Å²) in [7, 11) is 1.22. The van der Waals surface area contributed by atoms with Crippen LogP contribution in [-0.4, -0.2) is 35.2 Å². The van der Waals surface area contributed by atoms with Gasteiger partial charge in [-0.1, -0.05) is 60.7 Å². The van der Waals surface area contributed by atoms with Gasteiger partial charge in [0.15, 0.2) is 0 Å². The number of hydrogen-bond donors (Lipinski definition) is 0. The molecule has 1 saturated heterocycles. The number of fused-ring (bicyclic) bond motifs is 1. The van der Waals surface area contributed by atoms with E-state index in [2.05, 4.69) is 22.9 Å². The van der Waals surface area contributed by atoms with Gasteiger partial charge in [0.05, 0.1) is 12.0 Å². The lowest BCUT2D eigenvalue weighted by atomic mass is 10.1. The second-order valence-corrected chi connectivity index (χ2v) is 8.21. The molecule has 0 aromatic heterocycles. The molecule has 3 aromatic carbocycles. The van der Waals surface area contributed by atoms with E-state index in [1.807, 2.05) is 48.5 Å². The van der Waals surface area contributed by atoms with E-state index in [4.69, 9.17) is 4.74 Å². The van der Waals surface area contributed by atoms with Gasteiger partial charge in [-0.15, -0.1) is 0 Å². The lowest BCUT2D eigenvalue weighted by molar-refractivity contribution is -0.148. The van der Waals surface area contributed by atoms with Crippen molar-refractivity contribution in [2.45, 2.75) is 19.6 Å². The van der Waals surface area contributed by atoms with Crippen molar-refractivity contribution in [2.24, 2.45) is 0 Å². The highest BCUT2D eigenvalue weighted by Gasteiger charge is 2.41. The van der Waals surface area contributed by atoms with Crippen molar-refractivity contribution in [3.63, 3.8) is 0 Å². The first-order valence-electron chi connectivity index (χ1n) is 10.0. The summed E-state index contributed by atoms with van der Waals surface area (Å²) in [5.74, 6) is -0.581. The van der Waals surface area contributed by atoms with Crippen LogP contribution in [0.2, 0.25) is 0 Å². The highest BCUT2D eigenvalue weighted by atomic mass is 32.2. The van der Waals surface area contributed by atoms with E-state index in [-0.39, 0.29) is 4.91 Å². The molecule has 1 heterocycles. The number of hydrogen-bond acceptors (Lipinski definition) is 6. The number of para-hydroxylation sites is 1. The van der Waals surface area contributed by atoms with E-state index in [0.29, 0.717) is 17.9 Å². The van der Waals surface area contributed by atoms with Gasteiger partial charge in [-0.3, -0.25) is 14.5 Å². The van der Waals surface area contributed by atoms with Gasteiger partial charge in [0.2, 0.25) is 0 Å². The Hall–Kier alpha value is -3.58. The number of imide groups is 1. The standard InChI is InChI=1S/C25H21NO5S/c1-16(24(28)30-2)26-23(27)22(32-25(26)29)14-18-9-4-6-13-21(18)31-15-19-11-7-10-17-8-3-5-12-20(17)19/h3-14,16H,15H2,1-2H3/b22-14+/t16-/m0/s1. The molecule has 162 valence electrons. The fraction of sp³-hybridized carbons (Fsp3) is 0.160. The Labute approximate surface area is 189 Å². The summed E-state index contributed by atoms with van der Waals surface area (Å²) in [6.45, 7) is 1.82. The summed E-state index contributed by atoms with van der Waals surface area (Å²) in [4.78, 5) is 38.1. The number of rotatable bonds is 6. The van der Waals surface area contributed by atoms with Gasteiger partial charge in [0, 0.05) is 5.56 Å². The van der Waals surface area contributed by atoms with Crippen molar-refractivity contribution >= 4 is 45.7 Å². The van der Waals surface area contributed by atoms with Gasteiger partial charge in [0.25, 0.3) is 11.1 Å². The van der Waals surface area contributed by atoms with Gasteiger partial charge in [-0.25, -0.2) is 4.79 Å². The largest absolute Gasteiger partial charge is 0.488 e. The molecule has 32 heavy (non-hydrogen) atoms. The van der Waals surface area contributed by atoms with Crippen LogP contribution < -0.4 is 4.74 Å². The summed E-state index contributed by atoms with van der Waals surface area (Å²) < 4.78 is 10.8. The minimum atomic E-state index is -0.990. The first-order chi connectivity index (χ1) is 15.5. The van der Waals surface area contributed by atoms with Gasteiger partial charge < -0.3 is 9.47 Å². The van der Waals surface area contributed by atoms with Crippen molar-refractivity contribution in [1.82, 2.24) is 4.90 Å². The van der Waals surface area contributed by atoms with Gasteiger partial charge in [-0.2, -0.15) is 0 Å². The second-order valence-electron chi connectivity index (χ2n) is 7.22. The molecular formula is C25H21NO5S. The van der Waals surface area contributed by atoms with Crippen LogP contribution in [0.25, 0.3) is 16.8 Å². The Morgan fingerprint density at radius 1 is 1.03 bits per heavy atom. The van der Waals surface area contributed by atoms with E-state index in [9.17, 15) is 14.4 Å². The average molecular weight is 448 g/mol. The minimum Gasteiger partial charge on any atom is -0.488 e. The average Bonchev–Trinajstić information content (AvgIpc) is 3.09. The van der Waals surface area contributed by atoms with Crippen molar-refractivity contribution in [3.05, 3.63) is 82.8 Å². The zero-order valence-electron chi connectivity index (χ0n) is 17.6. The summed E-state index contributed by atoms with van der Waals surface area (Å²) in [6, 6.07) is 20.5. The van der Waals surface area contributed by atoms with Crippen molar-refractivity contribution < 1.29 is 23.9 Å². The molecule has 6 nitrogen and oxygen atoms in total. The second kappa shape index (κ2) is 9.28. The van der Waals surface area contributed by atoms with E-state index in [0.717, 1.165) is 33.0 Å². The first-order valence-corrected chi connectivity index (χ1v) is 10.8. The molecule has 4 rings (SSSR count). The lowest BCUT2D eigenvalue weighted by Crippen LogP contribution is -2.42. The number of carbonyl (C=O) groups excluding carboxylic acids is 3. The van der Waals surface area contributed by atoms with Gasteiger partial charge in [-0.05, 0) is 47.2 Å². The Bertz CT molecular complexity index is 1230. The van der Waals surface area contributed by atoms with Crippen molar-refractivity contribution in [1.29, 1.82) is 0 Å². The van der Waals surface area contributed by atoms with E-state index < -0.39 is 23.2 Å². The molecule has 1 atom stereocenters. The molecule has 3 aromatic rings. The number of benzene rings is 3. The summed E-state index contributed by atoms with van der Waals surface area (Å²) in [5, 5.41) is 1.74. The SMILES string of the molecule is COC(=O)[C@H](C)N1C(=O)S/C(=C/c2ccccc2OCc2cccc3ccccc23)C1=O. The number of methoxy groups -OCH3 is 1. The normalized spacial score (nSPS) is 15.9. The Kier molecular flexibility index (Phi) is 6.28. The lowest BCUT2D eigenvalue weighted by Gasteiger charge is -2.18. The number of thioether (sulfide) groups is 1. The summed E-state index contributed by atoms with van der Waals surface area (Å²) >= 11 is 0.793. The Morgan fingerprint density at radius 3 is 2.56 bits per heavy atom. The molecule has 0 bridgehead atoms. The molecule has 7 heteroatoms. The maximum absolute atomic E-state index is 12.8. The Morgan fingerprint density at radius 2 is 1.75 bits per heavy atom. The smallest absolute Gasteiger partial charge is 0.328 e. The van der Waals surface area contributed by atoms with Gasteiger partial charge >= 0.3 is 5.97 Å². The quantitative estimate of drug-likeness (QED) is 0.390. The maximum atomic E-state index is 12.8. The molecule has 1 aliphatic rings. The number of ether oxygens (including phenoxy) is 2. The third-order valence-corrected chi connectivity index (χ3v) is 6.11. The molecule has 0 unspecified atom stereocenters. The topological polar surface area (TPSA) is 72.9 Å². The molecule has 2 amide bonds. The van der Waals surface area contributed by atoms with Crippen molar-refractivity contribution in [3.8, 4) is 5.75 Å². The van der Waals surface area contributed by atoms with E-state index in [1.54, 1.807) is 6.08 Å². The van der Waals surface area contributed by atoms with Crippen LogP contribution >= 0.6 is 11.8 Å². The summed E-state index contributed by atoms with van der Waals surface area (Å²) in [6.07, 6.45) is 1.62. The molecule has 1 aliphatic heterocycles. The number of carbonyl (C=O) groups is 3. The summed E-state index contributed by atoms with van der Waals surface area (Å²) in [5.41, 5.74) is 1.72. The first kappa shape index (κ1) is 21.6.